The minimum absolute atomic E-state index is 0.0396. The van der Waals surface area contributed by atoms with E-state index >= 15 is 0 Å². The molecule has 1 aromatic heterocycles. The summed E-state index contributed by atoms with van der Waals surface area (Å²) in [7, 11) is 0. The van der Waals surface area contributed by atoms with Crippen molar-refractivity contribution in [3.8, 4) is 11.3 Å². The predicted octanol–water partition coefficient (Wildman–Crippen LogP) is 2.96. The highest BCUT2D eigenvalue weighted by Gasteiger charge is 2.41. The Morgan fingerprint density at radius 3 is 2.68 bits per heavy atom. The van der Waals surface area contributed by atoms with Crippen LogP contribution < -0.4 is 5.73 Å². The van der Waals surface area contributed by atoms with E-state index in [0.29, 0.717) is 11.4 Å². The van der Waals surface area contributed by atoms with E-state index in [1.807, 2.05) is 32.0 Å². The summed E-state index contributed by atoms with van der Waals surface area (Å²) in [5.74, 6) is 0.412. The quantitative estimate of drug-likeness (QED) is 0.811. The van der Waals surface area contributed by atoms with Crippen LogP contribution in [0, 0.1) is 0 Å². The number of hydrogen-bond donors (Lipinski definition) is 1. The zero-order valence-electron chi connectivity index (χ0n) is 10.6. The van der Waals surface area contributed by atoms with Crippen molar-refractivity contribution >= 4 is 27.5 Å². The molecule has 1 aliphatic carbocycles. The Bertz CT molecular complexity index is 710. The van der Waals surface area contributed by atoms with Gasteiger partial charge in [0, 0.05) is 21.2 Å². The van der Waals surface area contributed by atoms with Crippen molar-refractivity contribution in [1.82, 2.24) is 9.97 Å². The molecule has 0 bridgehead atoms. The second-order valence-corrected chi connectivity index (χ2v) is 6.04. The number of rotatable bonds is 0. The molecule has 0 fully saturated rings. The van der Waals surface area contributed by atoms with Gasteiger partial charge in [-0.1, -0.05) is 22.0 Å². The molecular formula is C14H12BrN3O. The lowest BCUT2D eigenvalue weighted by Crippen LogP contribution is -2.35. The fraction of sp³-hybridized carbons (Fsp3) is 0.214. The van der Waals surface area contributed by atoms with Crippen LogP contribution in [0.3, 0.4) is 0 Å². The minimum atomic E-state index is -0.714. The molecule has 19 heavy (non-hydrogen) atoms. The van der Waals surface area contributed by atoms with Crippen LogP contribution in [-0.2, 0) is 5.41 Å². The molecule has 0 amide bonds. The van der Waals surface area contributed by atoms with Gasteiger partial charge in [0.15, 0.2) is 5.78 Å². The molecule has 96 valence electrons. The van der Waals surface area contributed by atoms with Crippen molar-refractivity contribution in [2.24, 2.45) is 0 Å². The van der Waals surface area contributed by atoms with Crippen molar-refractivity contribution in [1.29, 1.82) is 0 Å². The lowest BCUT2D eigenvalue weighted by atomic mass is 9.71. The van der Waals surface area contributed by atoms with Crippen LogP contribution in [0.1, 0.15) is 29.8 Å². The summed E-state index contributed by atoms with van der Waals surface area (Å²) in [6.07, 6.45) is 1.44. The van der Waals surface area contributed by atoms with E-state index in [0.717, 1.165) is 21.3 Å². The highest BCUT2D eigenvalue weighted by molar-refractivity contribution is 9.10. The van der Waals surface area contributed by atoms with E-state index in [2.05, 4.69) is 25.9 Å². The third-order valence-electron chi connectivity index (χ3n) is 3.55. The molecule has 0 aliphatic heterocycles. The number of ketones is 1. The zero-order chi connectivity index (χ0) is 13.8. The molecule has 0 saturated carbocycles. The lowest BCUT2D eigenvalue weighted by molar-refractivity contribution is 0.0906. The summed E-state index contributed by atoms with van der Waals surface area (Å²) in [5, 5.41) is 0. The number of hydrogen-bond acceptors (Lipinski definition) is 4. The van der Waals surface area contributed by atoms with Crippen molar-refractivity contribution < 1.29 is 4.79 Å². The van der Waals surface area contributed by atoms with Gasteiger partial charge in [-0.15, -0.1) is 0 Å². The normalized spacial score (nSPS) is 15.8. The number of anilines is 1. The molecule has 0 radical (unpaired) electrons. The molecule has 0 saturated heterocycles. The van der Waals surface area contributed by atoms with Crippen LogP contribution >= 0.6 is 15.9 Å². The molecule has 4 nitrogen and oxygen atoms in total. The van der Waals surface area contributed by atoms with Crippen LogP contribution in [0.4, 0.5) is 5.82 Å². The molecule has 1 aromatic carbocycles. The van der Waals surface area contributed by atoms with Gasteiger partial charge in [0.2, 0.25) is 0 Å². The fourth-order valence-electron chi connectivity index (χ4n) is 2.58. The molecule has 1 heterocycles. The molecule has 0 spiro atoms. The van der Waals surface area contributed by atoms with Crippen molar-refractivity contribution in [3.05, 3.63) is 40.1 Å². The van der Waals surface area contributed by atoms with E-state index in [-0.39, 0.29) is 5.78 Å². The third-order valence-corrected chi connectivity index (χ3v) is 4.04. The summed E-state index contributed by atoms with van der Waals surface area (Å²) in [4.78, 5) is 21.0. The molecule has 0 atom stereocenters. The highest BCUT2D eigenvalue weighted by Crippen LogP contribution is 2.44. The Kier molecular flexibility index (Phi) is 2.50. The van der Waals surface area contributed by atoms with Crippen LogP contribution in [0.15, 0.2) is 29.0 Å². The smallest absolute Gasteiger partial charge is 0.173 e. The topological polar surface area (TPSA) is 68.9 Å². The number of halogens is 1. The molecular weight excluding hydrogens is 306 g/mol. The van der Waals surface area contributed by atoms with Crippen LogP contribution in [0.25, 0.3) is 11.3 Å². The fourth-order valence-corrected chi connectivity index (χ4v) is 2.94. The number of nitrogen functional groups attached to an aromatic ring is 1. The average Bonchev–Trinajstić information content (AvgIpc) is 2.36. The van der Waals surface area contributed by atoms with E-state index < -0.39 is 5.41 Å². The van der Waals surface area contributed by atoms with Gasteiger partial charge in [-0.3, -0.25) is 4.79 Å². The Labute approximate surface area is 119 Å². The van der Waals surface area contributed by atoms with Gasteiger partial charge in [-0.25, -0.2) is 9.97 Å². The Morgan fingerprint density at radius 1 is 1.21 bits per heavy atom. The number of nitrogens with two attached hydrogens (primary N) is 1. The van der Waals surface area contributed by atoms with E-state index in [4.69, 9.17) is 5.73 Å². The van der Waals surface area contributed by atoms with Crippen LogP contribution in [0.5, 0.6) is 0 Å². The highest BCUT2D eigenvalue weighted by atomic mass is 79.9. The molecule has 5 heteroatoms. The van der Waals surface area contributed by atoms with Crippen molar-refractivity contribution in [2.45, 2.75) is 19.3 Å². The standard InChI is InChI=1S/C14H12BrN3O/c1-14(2)10-11(17-6-18-13(10)16)8-4-3-7(15)5-9(8)12(14)19/h3-6H,1-2H3,(H2,16,17,18). The van der Waals surface area contributed by atoms with Gasteiger partial charge in [0.1, 0.15) is 12.1 Å². The molecule has 2 N–H and O–H groups in total. The first-order valence-electron chi connectivity index (χ1n) is 5.88. The first-order valence-corrected chi connectivity index (χ1v) is 6.68. The van der Waals surface area contributed by atoms with Crippen molar-refractivity contribution in [3.63, 3.8) is 0 Å². The van der Waals surface area contributed by atoms with E-state index in [9.17, 15) is 4.79 Å². The molecule has 3 rings (SSSR count). The maximum Gasteiger partial charge on any atom is 0.173 e. The maximum atomic E-state index is 12.7. The Balaban J connectivity index is 2.44. The maximum absolute atomic E-state index is 12.7. The number of benzene rings is 1. The summed E-state index contributed by atoms with van der Waals surface area (Å²) >= 11 is 3.40. The van der Waals surface area contributed by atoms with Gasteiger partial charge in [0.25, 0.3) is 0 Å². The van der Waals surface area contributed by atoms with Gasteiger partial charge in [-0.05, 0) is 26.0 Å². The van der Waals surface area contributed by atoms with Crippen LogP contribution in [-0.4, -0.2) is 15.8 Å². The number of fused-ring (bicyclic) bond motifs is 3. The molecule has 0 unspecified atom stereocenters. The van der Waals surface area contributed by atoms with Crippen LogP contribution in [0.2, 0.25) is 0 Å². The summed E-state index contributed by atoms with van der Waals surface area (Å²) < 4.78 is 0.876. The molecule has 1 aliphatic rings. The largest absolute Gasteiger partial charge is 0.383 e. The Hall–Kier alpha value is -1.75. The second-order valence-electron chi connectivity index (χ2n) is 5.13. The minimum Gasteiger partial charge on any atom is -0.383 e. The van der Waals surface area contributed by atoms with Gasteiger partial charge in [-0.2, -0.15) is 0 Å². The number of carbonyl (C=O) groups excluding carboxylic acids is 1. The number of carbonyl (C=O) groups is 1. The third kappa shape index (κ3) is 1.61. The summed E-state index contributed by atoms with van der Waals surface area (Å²) in [6, 6.07) is 5.62. The predicted molar refractivity (Wildman–Crippen MR) is 76.9 cm³/mol. The number of Topliss-reactive ketones (excluding diaryl/α,β-unsaturated/α-hetero) is 1. The first kappa shape index (κ1) is 12.3. The summed E-state index contributed by atoms with van der Waals surface area (Å²) in [6.45, 7) is 3.72. The monoisotopic (exact) mass is 317 g/mol. The first-order chi connectivity index (χ1) is 8.93. The zero-order valence-corrected chi connectivity index (χ0v) is 12.2. The van der Waals surface area contributed by atoms with Crippen molar-refractivity contribution in [2.75, 3.05) is 5.73 Å². The summed E-state index contributed by atoms with van der Waals surface area (Å²) in [5.41, 5.74) is 8.19. The number of aromatic nitrogens is 2. The SMILES string of the molecule is CC1(C)C(=O)c2cc(Br)ccc2-c2ncnc(N)c21. The van der Waals surface area contributed by atoms with Gasteiger partial charge in [0.05, 0.1) is 11.1 Å². The Morgan fingerprint density at radius 2 is 1.95 bits per heavy atom. The van der Waals surface area contributed by atoms with E-state index in [1.54, 1.807) is 0 Å². The second kappa shape index (κ2) is 3.87. The van der Waals surface area contributed by atoms with E-state index in [1.165, 1.54) is 6.33 Å². The van der Waals surface area contributed by atoms with Gasteiger partial charge >= 0.3 is 0 Å². The molecule has 2 aromatic rings. The average molecular weight is 318 g/mol. The number of nitrogens with zero attached hydrogens (tertiary/aromatic N) is 2. The lowest BCUT2D eigenvalue weighted by Gasteiger charge is -2.32. The van der Waals surface area contributed by atoms with Gasteiger partial charge < -0.3 is 5.73 Å².